The molecule has 0 amide bonds. The van der Waals surface area contributed by atoms with Crippen molar-refractivity contribution in [2.45, 2.75) is 46.7 Å². The zero-order valence-electron chi connectivity index (χ0n) is 20.6. The molecule has 0 spiro atoms. The Morgan fingerprint density at radius 1 is 0.914 bits per heavy atom. The Bertz CT molecular complexity index is 1400. The Labute approximate surface area is 211 Å². The largest absolute Gasteiger partial charge is 0.351 e. The summed E-state index contributed by atoms with van der Waals surface area (Å²) in [5.41, 5.74) is 9.54. The fourth-order valence-corrected chi connectivity index (χ4v) is 5.87. The van der Waals surface area contributed by atoms with Crippen molar-refractivity contribution in [3.8, 4) is 5.69 Å². The molecule has 0 radical (unpaired) electrons. The van der Waals surface area contributed by atoms with Crippen molar-refractivity contribution >= 4 is 23.0 Å². The molecule has 3 heterocycles. The molecule has 0 unspecified atom stereocenters. The quantitative estimate of drug-likeness (QED) is 0.326. The van der Waals surface area contributed by atoms with Crippen molar-refractivity contribution in [1.29, 1.82) is 0 Å². The zero-order valence-corrected chi connectivity index (χ0v) is 21.4. The van der Waals surface area contributed by atoms with Crippen molar-refractivity contribution in [2.75, 3.05) is 4.90 Å². The lowest BCUT2D eigenvalue weighted by atomic mass is 9.96. The van der Waals surface area contributed by atoms with E-state index >= 15 is 4.39 Å². The number of nitrogens with zero attached hydrogens (tertiary/aromatic N) is 3. The minimum atomic E-state index is -0.303. The second-order valence-corrected chi connectivity index (χ2v) is 9.74. The number of pyridine rings is 1. The number of para-hydroxylation sites is 1. The molecular weight excluding hydrogens is 455 g/mol. The van der Waals surface area contributed by atoms with Gasteiger partial charge in [-0.25, -0.2) is 4.39 Å². The highest BCUT2D eigenvalue weighted by Gasteiger charge is 2.43. The van der Waals surface area contributed by atoms with Gasteiger partial charge in [0.15, 0.2) is 5.11 Å². The minimum absolute atomic E-state index is 0.225. The first kappa shape index (κ1) is 23.2. The summed E-state index contributed by atoms with van der Waals surface area (Å²) in [6.45, 7) is 10.7. The van der Waals surface area contributed by atoms with E-state index in [1.807, 2.05) is 29.2 Å². The molecule has 0 saturated carbocycles. The number of halogens is 1. The zero-order chi connectivity index (χ0) is 24.9. The summed E-state index contributed by atoms with van der Waals surface area (Å²) in [5.74, 6) is -0.303. The predicted octanol–water partition coefficient (Wildman–Crippen LogP) is 6.73. The summed E-state index contributed by atoms with van der Waals surface area (Å²) in [4.78, 5) is 6.53. The Hall–Kier alpha value is -3.51. The van der Waals surface area contributed by atoms with Crippen LogP contribution >= 0.6 is 12.2 Å². The topological polar surface area (TPSA) is 33.1 Å². The van der Waals surface area contributed by atoms with Gasteiger partial charge in [-0.05, 0) is 93.9 Å². The third-order valence-corrected chi connectivity index (χ3v) is 7.17. The van der Waals surface area contributed by atoms with Crippen LogP contribution < -0.4 is 10.2 Å². The average molecular weight is 485 g/mol. The van der Waals surface area contributed by atoms with Crippen molar-refractivity contribution in [1.82, 2.24) is 14.9 Å². The van der Waals surface area contributed by atoms with Crippen LogP contribution in [0.1, 0.15) is 51.4 Å². The highest BCUT2D eigenvalue weighted by molar-refractivity contribution is 7.80. The number of benzene rings is 2. The van der Waals surface area contributed by atoms with Gasteiger partial charge in [-0.1, -0.05) is 35.9 Å². The van der Waals surface area contributed by atoms with Crippen molar-refractivity contribution in [3.63, 3.8) is 0 Å². The van der Waals surface area contributed by atoms with Crippen molar-refractivity contribution in [3.05, 3.63) is 112 Å². The molecule has 2 atom stereocenters. The van der Waals surface area contributed by atoms with Gasteiger partial charge in [0.25, 0.3) is 0 Å². The van der Waals surface area contributed by atoms with Gasteiger partial charge in [-0.2, -0.15) is 0 Å². The highest BCUT2D eigenvalue weighted by Crippen LogP contribution is 2.44. The highest BCUT2D eigenvalue weighted by atomic mass is 32.1. The molecule has 5 rings (SSSR count). The molecule has 2 aromatic carbocycles. The predicted molar refractivity (Wildman–Crippen MR) is 144 cm³/mol. The van der Waals surface area contributed by atoms with E-state index in [4.69, 9.17) is 12.2 Å². The molecule has 1 aliphatic heterocycles. The van der Waals surface area contributed by atoms with Crippen LogP contribution in [-0.2, 0) is 0 Å². The van der Waals surface area contributed by atoms with Gasteiger partial charge >= 0.3 is 0 Å². The third-order valence-electron chi connectivity index (χ3n) is 6.86. The second kappa shape index (κ2) is 8.93. The number of nitrogens with one attached hydrogen (secondary N) is 1. The fraction of sp³-hybridized carbons (Fsp3) is 0.241. The van der Waals surface area contributed by atoms with Gasteiger partial charge in [0.1, 0.15) is 5.82 Å². The summed E-state index contributed by atoms with van der Waals surface area (Å²) in [7, 11) is 0. The summed E-state index contributed by atoms with van der Waals surface area (Å²) < 4.78 is 17.4. The summed E-state index contributed by atoms with van der Waals surface area (Å²) in [6, 6.07) is 18.8. The van der Waals surface area contributed by atoms with E-state index in [0.29, 0.717) is 10.8 Å². The lowest BCUT2D eigenvalue weighted by molar-refractivity contribution is 0.556. The Balaban J connectivity index is 1.73. The minimum Gasteiger partial charge on any atom is -0.351 e. The van der Waals surface area contributed by atoms with E-state index in [2.05, 4.69) is 67.7 Å². The van der Waals surface area contributed by atoms with Crippen LogP contribution in [0.2, 0.25) is 0 Å². The number of thiocarbonyl (C=S) groups is 1. The van der Waals surface area contributed by atoms with E-state index in [1.165, 1.54) is 28.4 Å². The molecule has 1 N–H and O–H groups in total. The van der Waals surface area contributed by atoms with Gasteiger partial charge in [-0.3, -0.25) is 4.98 Å². The molecule has 1 fully saturated rings. The molecule has 2 aromatic heterocycles. The molecule has 0 bridgehead atoms. The van der Waals surface area contributed by atoms with E-state index in [1.54, 1.807) is 18.3 Å². The van der Waals surface area contributed by atoms with Gasteiger partial charge < -0.3 is 14.8 Å². The Morgan fingerprint density at radius 2 is 1.60 bits per heavy atom. The van der Waals surface area contributed by atoms with Gasteiger partial charge in [0.05, 0.1) is 29.2 Å². The maximum Gasteiger partial charge on any atom is 0.174 e. The first-order valence-electron chi connectivity index (χ1n) is 11.8. The molecular formula is C29H29FN4S. The molecule has 1 aliphatic rings. The monoisotopic (exact) mass is 484 g/mol. The summed E-state index contributed by atoms with van der Waals surface area (Å²) in [6.07, 6.45) is 1.78. The second-order valence-electron chi connectivity index (χ2n) is 9.36. The maximum absolute atomic E-state index is 15.1. The number of rotatable bonds is 4. The van der Waals surface area contributed by atoms with Crippen LogP contribution in [0.4, 0.5) is 10.1 Å². The molecule has 4 nitrogen and oxygen atoms in total. The Morgan fingerprint density at radius 3 is 2.26 bits per heavy atom. The smallest absolute Gasteiger partial charge is 0.174 e. The van der Waals surface area contributed by atoms with Crippen LogP contribution in [0, 0.1) is 40.4 Å². The van der Waals surface area contributed by atoms with Crippen molar-refractivity contribution < 1.29 is 4.39 Å². The van der Waals surface area contributed by atoms with Crippen LogP contribution in [-0.4, -0.2) is 14.7 Å². The summed E-state index contributed by atoms with van der Waals surface area (Å²) in [5, 5.41) is 3.93. The third kappa shape index (κ3) is 3.92. The molecule has 1 saturated heterocycles. The van der Waals surface area contributed by atoms with Crippen LogP contribution in [0.25, 0.3) is 5.69 Å². The first-order chi connectivity index (χ1) is 16.8. The van der Waals surface area contributed by atoms with Crippen LogP contribution in [0.3, 0.4) is 0 Å². The number of aromatic nitrogens is 2. The fourth-order valence-electron chi connectivity index (χ4n) is 5.53. The maximum atomic E-state index is 15.1. The molecule has 35 heavy (non-hydrogen) atoms. The van der Waals surface area contributed by atoms with Crippen molar-refractivity contribution in [2.24, 2.45) is 0 Å². The van der Waals surface area contributed by atoms with E-state index in [9.17, 15) is 0 Å². The normalized spacial score (nSPS) is 17.7. The molecule has 178 valence electrons. The van der Waals surface area contributed by atoms with E-state index in [0.717, 1.165) is 22.6 Å². The number of hydrogen-bond acceptors (Lipinski definition) is 2. The standard InChI is InChI=1S/C29H29FN4S/c1-17-14-18(2)27(19(3)15-17)33-20(4)16-22(21(33)5)28-26(24-11-8-9-13-31-24)32-29(35)34(28)25-12-7-6-10-23(25)30/h6-16,26,28H,1-5H3,(H,32,35)/t26-,28+/m1/s1. The number of anilines is 1. The lowest BCUT2D eigenvalue weighted by Crippen LogP contribution is -2.30. The summed E-state index contributed by atoms with van der Waals surface area (Å²) >= 11 is 5.78. The van der Waals surface area contributed by atoms with Crippen LogP contribution in [0.5, 0.6) is 0 Å². The van der Waals surface area contributed by atoms with Gasteiger partial charge in [-0.15, -0.1) is 0 Å². The van der Waals surface area contributed by atoms with E-state index < -0.39 is 0 Å². The SMILES string of the molecule is Cc1cc(C)c(-n2c(C)cc([C@H]3[C@@H](c4ccccn4)NC(=S)N3c3ccccc3F)c2C)c(C)c1. The van der Waals surface area contributed by atoms with E-state index in [-0.39, 0.29) is 17.9 Å². The molecule has 4 aromatic rings. The average Bonchev–Trinajstić information content (AvgIpc) is 3.30. The lowest BCUT2D eigenvalue weighted by Gasteiger charge is -2.28. The number of aryl methyl sites for hydroxylation is 4. The molecule has 0 aliphatic carbocycles. The van der Waals surface area contributed by atoms with Gasteiger partial charge in [0.2, 0.25) is 0 Å². The Kier molecular flexibility index (Phi) is 5.93. The number of hydrogen-bond donors (Lipinski definition) is 1. The first-order valence-corrected chi connectivity index (χ1v) is 12.2. The van der Waals surface area contributed by atoms with Gasteiger partial charge in [0, 0.05) is 17.6 Å². The van der Waals surface area contributed by atoms with Crippen LogP contribution in [0.15, 0.2) is 66.9 Å². The molecule has 6 heteroatoms.